The van der Waals surface area contributed by atoms with Crippen LogP contribution in [0.5, 0.6) is 0 Å². The van der Waals surface area contributed by atoms with Gasteiger partial charge in [-0.3, -0.25) is 29.0 Å². The van der Waals surface area contributed by atoms with Gasteiger partial charge in [-0.15, -0.1) is 23.2 Å². The fourth-order valence-corrected chi connectivity index (χ4v) is 5.06. The quantitative estimate of drug-likeness (QED) is 0.0821. The van der Waals surface area contributed by atoms with Crippen molar-refractivity contribution in [2.75, 3.05) is 67.3 Å². The van der Waals surface area contributed by atoms with Crippen LogP contribution in [0.2, 0.25) is 0 Å². The Hall–Kier alpha value is -5.12. The predicted octanol–water partition coefficient (Wildman–Crippen LogP) is 3.96. The largest absolute Gasteiger partial charge is 0.388 e. The number of rotatable bonds is 13. The summed E-state index contributed by atoms with van der Waals surface area (Å²) in [5, 5.41) is 10.4. The van der Waals surface area contributed by atoms with Crippen LogP contribution < -0.4 is 20.5 Å². The molecule has 0 saturated heterocycles. The molecular weight excluding hydrogens is 661 g/mol. The van der Waals surface area contributed by atoms with Crippen LogP contribution in [0.25, 0.3) is 0 Å². The number of benzene rings is 1. The van der Waals surface area contributed by atoms with Crippen LogP contribution in [0.15, 0.2) is 73.4 Å². The first-order chi connectivity index (χ1) is 23.0. The number of hydrazine groups is 1. The summed E-state index contributed by atoms with van der Waals surface area (Å²) in [6, 6.07) is 11.1. The number of aromatic amines is 1. The van der Waals surface area contributed by atoms with E-state index in [2.05, 4.69) is 9.97 Å². The third-order valence-corrected chi connectivity index (χ3v) is 7.72. The Labute approximate surface area is 287 Å². The van der Waals surface area contributed by atoms with Gasteiger partial charge in [0.2, 0.25) is 0 Å². The van der Waals surface area contributed by atoms with E-state index in [9.17, 15) is 19.2 Å². The van der Waals surface area contributed by atoms with E-state index in [-0.39, 0.29) is 54.1 Å². The lowest BCUT2D eigenvalue weighted by molar-refractivity contribution is 0.0900. The summed E-state index contributed by atoms with van der Waals surface area (Å²) in [4.78, 5) is 64.4. The van der Waals surface area contributed by atoms with Crippen molar-refractivity contribution in [1.29, 1.82) is 5.41 Å². The number of hydrogen-bond donors (Lipinski definition) is 3. The number of alkyl halides is 2. The van der Waals surface area contributed by atoms with Crippen molar-refractivity contribution in [1.82, 2.24) is 29.0 Å². The van der Waals surface area contributed by atoms with Crippen molar-refractivity contribution in [2.45, 2.75) is 6.42 Å². The molecule has 0 spiro atoms. The number of amides is 4. The van der Waals surface area contributed by atoms with Gasteiger partial charge in [-0.1, -0.05) is 18.2 Å². The van der Waals surface area contributed by atoms with E-state index < -0.39 is 11.9 Å². The van der Waals surface area contributed by atoms with Crippen LogP contribution in [0.3, 0.4) is 0 Å². The molecule has 0 aliphatic carbocycles. The number of amidine groups is 1. The van der Waals surface area contributed by atoms with Gasteiger partial charge in [0.05, 0.1) is 23.4 Å². The zero-order chi connectivity index (χ0) is 35.0. The fraction of sp³-hybridized carbons (Fsp3) is 0.290. The van der Waals surface area contributed by atoms with Gasteiger partial charge in [-0.25, -0.2) is 24.6 Å². The molecular formula is C31H37Cl2N11O4. The first-order valence-corrected chi connectivity index (χ1v) is 15.9. The van der Waals surface area contributed by atoms with Gasteiger partial charge >= 0.3 is 12.1 Å². The second-order valence-corrected chi connectivity index (χ2v) is 11.4. The Morgan fingerprint density at radius 3 is 2.00 bits per heavy atom. The van der Waals surface area contributed by atoms with E-state index in [1.54, 1.807) is 61.6 Å². The molecule has 48 heavy (non-hydrogen) atoms. The SMILES string of the molecule is CN(CCC(=N)N)C(=O)n1ccc(N(C)C(=O)n2ccc(N(C)C(=O)c3ncc(N(C(=O)c4ccccc4)N(CCCl)CCCl)[nH]3)c2)c1. The van der Waals surface area contributed by atoms with Crippen molar-refractivity contribution in [3.8, 4) is 0 Å². The Morgan fingerprint density at radius 2 is 1.42 bits per heavy atom. The van der Waals surface area contributed by atoms with E-state index in [1.165, 1.54) is 66.9 Å². The lowest BCUT2D eigenvalue weighted by atomic mass is 10.2. The van der Waals surface area contributed by atoms with E-state index in [4.69, 9.17) is 34.3 Å². The molecule has 4 rings (SSSR count). The molecule has 0 aliphatic heterocycles. The minimum absolute atomic E-state index is 0.0185. The highest BCUT2D eigenvalue weighted by Crippen LogP contribution is 2.22. The number of halogens is 2. The zero-order valence-electron chi connectivity index (χ0n) is 26.7. The number of aromatic nitrogens is 4. The molecule has 0 atom stereocenters. The number of anilines is 3. The molecule has 1 aromatic carbocycles. The number of carbonyl (C=O) groups excluding carboxylic acids is 4. The molecule has 0 fully saturated rings. The average molecular weight is 699 g/mol. The molecule has 254 valence electrons. The molecule has 4 N–H and O–H groups in total. The fourth-order valence-electron chi connectivity index (χ4n) is 4.67. The number of hydrogen-bond acceptors (Lipinski definition) is 7. The van der Waals surface area contributed by atoms with Crippen LogP contribution in [-0.2, 0) is 0 Å². The summed E-state index contributed by atoms with van der Waals surface area (Å²) in [5.74, 6) is -0.223. The normalized spacial score (nSPS) is 11.0. The highest BCUT2D eigenvalue weighted by molar-refractivity contribution is 6.18. The zero-order valence-corrected chi connectivity index (χ0v) is 28.2. The third kappa shape index (κ3) is 8.23. The Balaban J connectivity index is 1.49. The molecule has 0 aliphatic rings. The first kappa shape index (κ1) is 35.7. The van der Waals surface area contributed by atoms with E-state index in [0.29, 0.717) is 30.0 Å². The number of imidazole rings is 1. The molecule has 0 unspecified atom stereocenters. The van der Waals surface area contributed by atoms with Crippen LogP contribution in [0, 0.1) is 5.41 Å². The van der Waals surface area contributed by atoms with Crippen LogP contribution in [0.1, 0.15) is 27.4 Å². The van der Waals surface area contributed by atoms with Gasteiger partial charge < -0.3 is 20.5 Å². The smallest absolute Gasteiger partial charge is 0.332 e. The lowest BCUT2D eigenvalue weighted by Crippen LogP contribution is -2.49. The molecule has 3 heterocycles. The Kier molecular flexibility index (Phi) is 12.0. The van der Waals surface area contributed by atoms with Crippen LogP contribution in [-0.4, -0.2) is 111 Å². The third-order valence-electron chi connectivity index (χ3n) is 7.38. The first-order valence-electron chi connectivity index (χ1n) is 14.8. The summed E-state index contributed by atoms with van der Waals surface area (Å²) < 4.78 is 2.64. The summed E-state index contributed by atoms with van der Waals surface area (Å²) in [6.45, 7) is 0.896. The van der Waals surface area contributed by atoms with E-state index in [1.807, 2.05) is 0 Å². The van der Waals surface area contributed by atoms with Crippen molar-refractivity contribution in [3.05, 3.63) is 84.8 Å². The van der Waals surface area contributed by atoms with Gasteiger partial charge in [0.1, 0.15) is 5.82 Å². The average Bonchev–Trinajstić information content (AvgIpc) is 3.88. The minimum Gasteiger partial charge on any atom is -0.388 e. The number of nitrogens with two attached hydrogens (primary N) is 1. The standard InChI is InChI=1S/C31H37Cl2N11O4/c1-38(14-11-25(34)35)30(47)41-15-10-24(21-41)40(3)31(48)42-16-9-23(20-42)39(2)29(46)27-36-19-26(37-27)44(43(17-12-32)18-13-33)28(45)22-7-5-4-6-8-22/h4-10,15-16,19-21H,11-14,17-18H2,1-3H3,(H3,34,35)(H,36,37). The molecule has 0 saturated carbocycles. The number of nitrogens with one attached hydrogen (secondary N) is 2. The number of carbonyl (C=O) groups is 4. The summed E-state index contributed by atoms with van der Waals surface area (Å²) in [5.41, 5.74) is 6.68. The molecule has 4 amide bonds. The molecule has 3 aromatic heterocycles. The molecule has 15 nitrogen and oxygen atoms in total. The van der Waals surface area contributed by atoms with Crippen molar-refractivity contribution in [3.63, 3.8) is 0 Å². The molecule has 17 heteroatoms. The van der Waals surface area contributed by atoms with Crippen molar-refractivity contribution in [2.24, 2.45) is 5.73 Å². The topological polar surface area (TPSA) is 173 Å². The summed E-state index contributed by atoms with van der Waals surface area (Å²) in [7, 11) is 4.69. The second kappa shape index (κ2) is 16.1. The Morgan fingerprint density at radius 1 is 0.833 bits per heavy atom. The highest BCUT2D eigenvalue weighted by Gasteiger charge is 2.28. The van der Waals surface area contributed by atoms with Crippen molar-refractivity contribution < 1.29 is 19.2 Å². The maximum Gasteiger partial charge on any atom is 0.332 e. The molecule has 4 aromatic rings. The monoisotopic (exact) mass is 697 g/mol. The molecule has 0 bridgehead atoms. The van der Waals surface area contributed by atoms with Gasteiger partial charge in [-0.05, 0) is 24.3 Å². The lowest BCUT2D eigenvalue weighted by Gasteiger charge is -2.32. The maximum atomic E-state index is 13.6. The van der Waals surface area contributed by atoms with Crippen molar-refractivity contribution >= 4 is 70.1 Å². The predicted molar refractivity (Wildman–Crippen MR) is 186 cm³/mol. The van der Waals surface area contributed by atoms with Gasteiger partial charge in [0.15, 0.2) is 5.82 Å². The summed E-state index contributed by atoms with van der Waals surface area (Å²) in [6.07, 6.45) is 7.70. The molecule has 0 radical (unpaired) electrons. The summed E-state index contributed by atoms with van der Waals surface area (Å²) >= 11 is 12.1. The van der Waals surface area contributed by atoms with Gasteiger partial charge in [-0.2, -0.15) is 0 Å². The maximum absolute atomic E-state index is 13.6. The minimum atomic E-state index is -0.516. The number of nitrogens with zero attached hydrogens (tertiary/aromatic N) is 8. The number of H-pyrrole nitrogens is 1. The Bertz CT molecular complexity index is 1750. The van der Waals surface area contributed by atoms with E-state index in [0.717, 1.165) is 0 Å². The van der Waals surface area contributed by atoms with Crippen LogP contribution >= 0.6 is 23.2 Å². The van der Waals surface area contributed by atoms with Gasteiger partial charge in [0, 0.05) is 89.3 Å². The van der Waals surface area contributed by atoms with Crippen LogP contribution in [0.4, 0.5) is 26.8 Å². The van der Waals surface area contributed by atoms with E-state index >= 15 is 0 Å². The highest BCUT2D eigenvalue weighted by atomic mass is 35.5. The second-order valence-electron chi connectivity index (χ2n) is 10.7. The van der Waals surface area contributed by atoms with Gasteiger partial charge in [0.25, 0.3) is 11.8 Å².